The van der Waals surface area contributed by atoms with E-state index < -0.39 is 0 Å². The highest BCUT2D eigenvalue weighted by Crippen LogP contribution is 2.06. The van der Waals surface area contributed by atoms with Gasteiger partial charge in [0, 0.05) is 6.20 Å². The predicted octanol–water partition coefficient (Wildman–Crippen LogP) is -0.234. The van der Waals surface area contributed by atoms with Gasteiger partial charge in [0.15, 0.2) is 5.69 Å². The molecule has 0 aliphatic carbocycles. The molecular formula is C5H3N5. The lowest BCUT2D eigenvalue weighted by molar-refractivity contribution is 1.06. The van der Waals surface area contributed by atoms with Crippen molar-refractivity contribution >= 4 is 0 Å². The average molecular weight is 133 g/mol. The molecule has 48 valence electrons. The van der Waals surface area contributed by atoms with Crippen LogP contribution in [0.25, 0.3) is 11.5 Å². The van der Waals surface area contributed by atoms with Crippen molar-refractivity contribution in [1.82, 2.24) is 25.4 Å². The Hall–Kier alpha value is -1.65. The Balaban J connectivity index is 2.74. The number of aromatic nitrogens is 5. The Labute approximate surface area is 56.5 Å². The molecule has 0 aromatic carbocycles. The fourth-order valence-electron chi connectivity index (χ4n) is 0.639. The van der Waals surface area contributed by atoms with Gasteiger partial charge in [-0.15, -0.1) is 10.2 Å². The predicted molar refractivity (Wildman–Crippen MR) is 32.0 cm³/mol. The van der Waals surface area contributed by atoms with Crippen LogP contribution in [0.15, 0.2) is 18.6 Å². The molecule has 0 radical (unpaired) electrons. The summed E-state index contributed by atoms with van der Waals surface area (Å²) in [6.07, 6.45) is 4.56. The van der Waals surface area contributed by atoms with E-state index in [1.54, 1.807) is 0 Å². The van der Waals surface area contributed by atoms with E-state index in [9.17, 15) is 0 Å². The topological polar surface area (TPSA) is 64.5 Å². The van der Waals surface area contributed by atoms with Crippen LogP contribution in [-0.4, -0.2) is 25.4 Å². The van der Waals surface area contributed by atoms with E-state index in [2.05, 4.69) is 25.4 Å². The van der Waals surface area contributed by atoms with Gasteiger partial charge in [-0.2, -0.15) is 10.2 Å². The molecule has 0 saturated heterocycles. The van der Waals surface area contributed by atoms with Crippen molar-refractivity contribution in [2.75, 3.05) is 0 Å². The molecule has 0 saturated carbocycles. The molecule has 0 aromatic heterocycles. The van der Waals surface area contributed by atoms with E-state index >= 15 is 0 Å². The summed E-state index contributed by atoms with van der Waals surface area (Å²) in [5.74, 6) is 0.525. The molecule has 5 nitrogen and oxygen atoms in total. The zero-order valence-electron chi connectivity index (χ0n) is 4.97. The molecule has 0 fully saturated rings. The zero-order valence-corrected chi connectivity index (χ0v) is 4.97. The van der Waals surface area contributed by atoms with Crippen LogP contribution < -0.4 is 0 Å². The number of rotatable bonds is 0. The van der Waals surface area contributed by atoms with E-state index in [-0.39, 0.29) is 0 Å². The SMILES string of the molecule is c1cnc2nncc-2nn1. The van der Waals surface area contributed by atoms with Crippen LogP contribution in [0.4, 0.5) is 0 Å². The maximum atomic E-state index is 3.91. The third kappa shape index (κ3) is 0.680. The van der Waals surface area contributed by atoms with Crippen molar-refractivity contribution < 1.29 is 0 Å². The first-order valence-corrected chi connectivity index (χ1v) is 2.72. The summed E-state index contributed by atoms with van der Waals surface area (Å²) >= 11 is 0. The van der Waals surface area contributed by atoms with Crippen molar-refractivity contribution in [3.8, 4) is 11.5 Å². The van der Waals surface area contributed by atoms with Gasteiger partial charge in [-0.05, 0) is 0 Å². The summed E-state index contributed by atoms with van der Waals surface area (Å²) < 4.78 is 0. The van der Waals surface area contributed by atoms with Crippen molar-refractivity contribution in [2.45, 2.75) is 0 Å². The number of hydrogen-bond acceptors (Lipinski definition) is 5. The molecule has 0 amide bonds. The molecule has 2 aliphatic heterocycles. The number of fused-ring (bicyclic) bond motifs is 1. The van der Waals surface area contributed by atoms with Gasteiger partial charge in [-0.25, -0.2) is 4.98 Å². The summed E-state index contributed by atoms with van der Waals surface area (Å²) in [7, 11) is 0. The summed E-state index contributed by atoms with van der Waals surface area (Å²) in [6.45, 7) is 0. The molecule has 2 rings (SSSR count). The van der Waals surface area contributed by atoms with Gasteiger partial charge < -0.3 is 0 Å². The van der Waals surface area contributed by atoms with Crippen LogP contribution in [0.2, 0.25) is 0 Å². The molecule has 2 aliphatic rings. The van der Waals surface area contributed by atoms with Gasteiger partial charge in [0.2, 0.25) is 5.82 Å². The monoisotopic (exact) mass is 133 g/mol. The summed E-state index contributed by atoms with van der Waals surface area (Å²) in [6, 6.07) is 0. The highest BCUT2D eigenvalue weighted by molar-refractivity contribution is 5.45. The maximum absolute atomic E-state index is 3.91. The van der Waals surface area contributed by atoms with Gasteiger partial charge in [0.1, 0.15) is 0 Å². The fourth-order valence-corrected chi connectivity index (χ4v) is 0.639. The first kappa shape index (κ1) is 5.16. The van der Waals surface area contributed by atoms with Crippen molar-refractivity contribution in [1.29, 1.82) is 0 Å². The Kier molecular flexibility index (Phi) is 1.00. The Morgan fingerprint density at radius 1 is 1.00 bits per heavy atom. The standard InChI is InChI=1S/C5H3N5/c1-2-7-9-4-3-8-10-5(4)6-1/h1-3H. The summed E-state index contributed by atoms with van der Waals surface area (Å²) in [5.41, 5.74) is 0.616. The van der Waals surface area contributed by atoms with Crippen LogP contribution >= 0.6 is 0 Å². The minimum atomic E-state index is 0.525. The Morgan fingerprint density at radius 3 is 3.00 bits per heavy atom. The molecular weight excluding hydrogens is 130 g/mol. The van der Waals surface area contributed by atoms with Crippen LogP contribution in [-0.2, 0) is 0 Å². The summed E-state index contributed by atoms with van der Waals surface area (Å²) in [4.78, 5) is 3.91. The van der Waals surface area contributed by atoms with E-state index in [1.165, 1.54) is 18.6 Å². The first-order chi connectivity index (χ1) is 4.97. The van der Waals surface area contributed by atoms with Crippen LogP contribution in [0.5, 0.6) is 0 Å². The highest BCUT2D eigenvalue weighted by atomic mass is 15.2. The van der Waals surface area contributed by atoms with Gasteiger partial charge in [0.25, 0.3) is 0 Å². The smallest absolute Gasteiger partial charge is 0.203 e. The normalized spacial score (nSPS) is 10.0. The molecule has 0 unspecified atom stereocenters. The molecule has 0 aromatic rings. The Bertz CT molecular complexity index is 281. The largest absolute Gasteiger partial charge is 0.232 e. The number of nitrogens with zero attached hydrogens (tertiary/aromatic N) is 5. The lowest BCUT2D eigenvalue weighted by Gasteiger charge is -1.77. The van der Waals surface area contributed by atoms with Crippen LogP contribution in [0.3, 0.4) is 0 Å². The van der Waals surface area contributed by atoms with Crippen LogP contribution in [0, 0.1) is 0 Å². The third-order valence-corrected chi connectivity index (χ3v) is 1.06. The van der Waals surface area contributed by atoms with Gasteiger partial charge in [-0.1, -0.05) is 0 Å². The average Bonchev–Trinajstić information content (AvgIpc) is 2.28. The van der Waals surface area contributed by atoms with Crippen molar-refractivity contribution in [3.05, 3.63) is 18.6 Å². The zero-order chi connectivity index (χ0) is 6.81. The second-order valence-electron chi connectivity index (χ2n) is 1.70. The van der Waals surface area contributed by atoms with E-state index in [0.717, 1.165) is 0 Å². The number of hydrogen-bond donors (Lipinski definition) is 0. The molecule has 0 N–H and O–H groups in total. The highest BCUT2D eigenvalue weighted by Gasteiger charge is 2.03. The second kappa shape index (κ2) is 1.94. The molecule has 0 atom stereocenters. The minimum Gasteiger partial charge on any atom is -0.232 e. The van der Waals surface area contributed by atoms with Gasteiger partial charge in [-0.3, -0.25) is 0 Å². The molecule has 5 heteroatoms. The molecule has 0 bridgehead atoms. The van der Waals surface area contributed by atoms with E-state index in [0.29, 0.717) is 11.5 Å². The van der Waals surface area contributed by atoms with Crippen molar-refractivity contribution in [3.63, 3.8) is 0 Å². The quantitative estimate of drug-likeness (QED) is 0.496. The van der Waals surface area contributed by atoms with Gasteiger partial charge in [0.05, 0.1) is 12.4 Å². The van der Waals surface area contributed by atoms with Crippen LogP contribution in [0.1, 0.15) is 0 Å². The van der Waals surface area contributed by atoms with Gasteiger partial charge >= 0.3 is 0 Å². The maximum Gasteiger partial charge on any atom is 0.203 e. The molecule has 10 heavy (non-hydrogen) atoms. The lowest BCUT2D eigenvalue weighted by atomic mass is 10.5. The molecule has 2 heterocycles. The third-order valence-electron chi connectivity index (χ3n) is 1.06. The fraction of sp³-hybridized carbons (Fsp3) is 0. The Morgan fingerprint density at radius 2 is 2.00 bits per heavy atom. The lowest BCUT2D eigenvalue weighted by Crippen LogP contribution is -1.78. The minimum absolute atomic E-state index is 0.525. The van der Waals surface area contributed by atoms with Crippen molar-refractivity contribution in [2.24, 2.45) is 0 Å². The molecule has 0 spiro atoms. The van der Waals surface area contributed by atoms with E-state index in [4.69, 9.17) is 0 Å². The summed E-state index contributed by atoms with van der Waals surface area (Å²) in [5, 5.41) is 14.7. The van der Waals surface area contributed by atoms with E-state index in [1.807, 2.05) is 0 Å². The first-order valence-electron chi connectivity index (χ1n) is 2.72. The second-order valence-corrected chi connectivity index (χ2v) is 1.70.